The molecular weight excluding hydrogens is 332 g/mol. The lowest BCUT2D eigenvalue weighted by atomic mass is 10.2. The van der Waals surface area contributed by atoms with E-state index in [-0.39, 0.29) is 11.9 Å². The normalized spacial score (nSPS) is 15.3. The summed E-state index contributed by atoms with van der Waals surface area (Å²) in [5, 5.41) is 4.53. The minimum absolute atomic E-state index is 0.0304. The number of carbonyl (C=O) groups excluding carboxylic acids is 1. The van der Waals surface area contributed by atoms with Crippen LogP contribution in [0.3, 0.4) is 0 Å². The van der Waals surface area contributed by atoms with Gasteiger partial charge in [0, 0.05) is 11.1 Å². The van der Waals surface area contributed by atoms with Gasteiger partial charge < -0.3 is 10.1 Å². The molecule has 6 heteroatoms. The number of rotatable bonds is 6. The van der Waals surface area contributed by atoms with Crippen LogP contribution in [0.15, 0.2) is 24.3 Å². The number of carbonyl (C=O) groups is 1. The van der Waals surface area contributed by atoms with E-state index >= 15 is 0 Å². The number of hydrogen-bond donors (Lipinski definition) is 1. The summed E-state index contributed by atoms with van der Waals surface area (Å²) < 4.78 is 5.68. The van der Waals surface area contributed by atoms with Crippen LogP contribution in [0.5, 0.6) is 5.75 Å². The number of amides is 1. The summed E-state index contributed by atoms with van der Waals surface area (Å²) >= 11 is 7.24. The third-order valence-corrected chi connectivity index (χ3v) is 5.29. The Kier molecular flexibility index (Phi) is 4.87. The van der Waals surface area contributed by atoms with Crippen molar-refractivity contribution in [1.82, 2.24) is 10.3 Å². The Labute approximate surface area is 144 Å². The van der Waals surface area contributed by atoms with Crippen molar-refractivity contribution < 1.29 is 9.53 Å². The second kappa shape index (κ2) is 6.89. The van der Waals surface area contributed by atoms with Crippen molar-refractivity contribution in [2.45, 2.75) is 39.3 Å². The first-order valence-electron chi connectivity index (χ1n) is 7.68. The van der Waals surface area contributed by atoms with Gasteiger partial charge in [-0.25, -0.2) is 4.98 Å². The van der Waals surface area contributed by atoms with Crippen LogP contribution in [0.2, 0.25) is 5.02 Å². The largest absolute Gasteiger partial charge is 0.486 e. The van der Waals surface area contributed by atoms with E-state index in [2.05, 4.69) is 17.2 Å². The fourth-order valence-corrected chi connectivity index (χ4v) is 3.39. The molecule has 1 aliphatic rings. The Morgan fingerprint density at radius 3 is 2.78 bits per heavy atom. The lowest BCUT2D eigenvalue weighted by Gasteiger charge is -2.11. The van der Waals surface area contributed by atoms with Crippen LogP contribution in [0, 0.1) is 12.8 Å². The predicted molar refractivity (Wildman–Crippen MR) is 92.3 cm³/mol. The first-order chi connectivity index (χ1) is 11.0. The topological polar surface area (TPSA) is 51.2 Å². The standard InChI is InChI=1S/C17H19ClN2O2S/c1-10(12-3-4-12)20-17(21)16-11(2)19-15(23-16)9-22-14-7-5-13(18)6-8-14/h5-8,10,12H,3-4,9H2,1-2H3,(H,20,21). The SMILES string of the molecule is Cc1nc(COc2ccc(Cl)cc2)sc1C(=O)NC(C)C1CC1. The van der Waals surface area contributed by atoms with Gasteiger partial charge in [0.2, 0.25) is 0 Å². The van der Waals surface area contributed by atoms with Crippen molar-refractivity contribution in [3.63, 3.8) is 0 Å². The van der Waals surface area contributed by atoms with Crippen LogP contribution in [0.25, 0.3) is 0 Å². The monoisotopic (exact) mass is 350 g/mol. The molecule has 1 heterocycles. The zero-order chi connectivity index (χ0) is 16.4. The minimum Gasteiger partial charge on any atom is -0.486 e. The number of halogens is 1. The van der Waals surface area contributed by atoms with Gasteiger partial charge in [0.1, 0.15) is 22.2 Å². The zero-order valence-corrected chi connectivity index (χ0v) is 14.7. The van der Waals surface area contributed by atoms with Gasteiger partial charge >= 0.3 is 0 Å². The lowest BCUT2D eigenvalue weighted by Crippen LogP contribution is -2.33. The number of aryl methyl sites for hydroxylation is 1. The molecule has 1 aromatic carbocycles. The molecule has 0 aliphatic heterocycles. The molecule has 0 saturated heterocycles. The Morgan fingerprint density at radius 1 is 1.43 bits per heavy atom. The molecule has 1 fully saturated rings. The second-order valence-electron chi connectivity index (χ2n) is 5.86. The van der Waals surface area contributed by atoms with Gasteiger partial charge in [-0.15, -0.1) is 11.3 Å². The molecule has 1 N–H and O–H groups in total. The maximum Gasteiger partial charge on any atom is 0.263 e. The molecule has 1 aromatic heterocycles. The van der Waals surface area contributed by atoms with E-state index in [1.165, 1.54) is 24.2 Å². The number of nitrogens with zero attached hydrogens (tertiary/aromatic N) is 1. The van der Waals surface area contributed by atoms with Crippen LogP contribution < -0.4 is 10.1 Å². The van der Waals surface area contributed by atoms with Crippen LogP contribution in [-0.2, 0) is 6.61 Å². The Bertz CT molecular complexity index is 695. The minimum atomic E-state index is -0.0304. The summed E-state index contributed by atoms with van der Waals surface area (Å²) in [6.07, 6.45) is 2.42. The van der Waals surface area contributed by atoms with Gasteiger partial charge in [0.15, 0.2) is 0 Å². The maximum atomic E-state index is 12.3. The molecule has 1 atom stereocenters. The highest BCUT2D eigenvalue weighted by Crippen LogP contribution is 2.32. The molecule has 0 spiro atoms. The fraction of sp³-hybridized carbons (Fsp3) is 0.412. The molecule has 122 valence electrons. The summed E-state index contributed by atoms with van der Waals surface area (Å²) in [4.78, 5) is 17.4. The second-order valence-corrected chi connectivity index (χ2v) is 7.38. The van der Waals surface area contributed by atoms with Crippen molar-refractivity contribution in [1.29, 1.82) is 0 Å². The summed E-state index contributed by atoms with van der Waals surface area (Å²) in [5.74, 6) is 1.34. The van der Waals surface area contributed by atoms with Gasteiger partial charge in [0.25, 0.3) is 5.91 Å². The molecule has 1 amide bonds. The van der Waals surface area contributed by atoms with Crippen molar-refractivity contribution in [2.24, 2.45) is 5.92 Å². The molecule has 1 saturated carbocycles. The molecule has 0 radical (unpaired) electrons. The van der Waals surface area contributed by atoms with Crippen molar-refractivity contribution in [3.05, 3.63) is 44.9 Å². The molecule has 4 nitrogen and oxygen atoms in total. The van der Waals surface area contributed by atoms with E-state index in [0.29, 0.717) is 22.4 Å². The summed E-state index contributed by atoms with van der Waals surface area (Å²) in [6, 6.07) is 7.42. The molecular formula is C17H19ClN2O2S. The third-order valence-electron chi connectivity index (χ3n) is 3.91. The fourth-order valence-electron chi connectivity index (χ4n) is 2.39. The smallest absolute Gasteiger partial charge is 0.263 e. The first-order valence-corrected chi connectivity index (χ1v) is 8.88. The van der Waals surface area contributed by atoms with E-state index in [9.17, 15) is 4.79 Å². The van der Waals surface area contributed by atoms with Crippen LogP contribution in [0.1, 0.15) is 40.1 Å². The van der Waals surface area contributed by atoms with Gasteiger partial charge in [-0.2, -0.15) is 0 Å². The van der Waals surface area contributed by atoms with Crippen LogP contribution >= 0.6 is 22.9 Å². The van der Waals surface area contributed by atoms with Crippen LogP contribution in [-0.4, -0.2) is 16.9 Å². The van der Waals surface area contributed by atoms with Gasteiger partial charge in [0.05, 0.1) is 5.69 Å². The van der Waals surface area contributed by atoms with E-state index in [4.69, 9.17) is 16.3 Å². The number of thiazole rings is 1. The van der Waals surface area contributed by atoms with E-state index in [1.807, 2.05) is 19.1 Å². The van der Waals surface area contributed by atoms with E-state index < -0.39 is 0 Å². The molecule has 23 heavy (non-hydrogen) atoms. The highest BCUT2D eigenvalue weighted by Gasteiger charge is 2.29. The van der Waals surface area contributed by atoms with Gasteiger partial charge in [-0.1, -0.05) is 11.6 Å². The van der Waals surface area contributed by atoms with Crippen molar-refractivity contribution in [3.8, 4) is 5.75 Å². The van der Waals surface area contributed by atoms with Gasteiger partial charge in [-0.3, -0.25) is 4.79 Å². The van der Waals surface area contributed by atoms with Crippen molar-refractivity contribution in [2.75, 3.05) is 0 Å². The predicted octanol–water partition coefficient (Wildman–Crippen LogP) is 4.21. The number of aromatic nitrogens is 1. The molecule has 1 unspecified atom stereocenters. The quantitative estimate of drug-likeness (QED) is 0.848. The number of ether oxygens (including phenoxy) is 1. The summed E-state index contributed by atoms with van der Waals surface area (Å²) in [7, 11) is 0. The lowest BCUT2D eigenvalue weighted by molar-refractivity contribution is 0.0939. The number of nitrogens with one attached hydrogen (secondary N) is 1. The molecule has 1 aliphatic carbocycles. The zero-order valence-electron chi connectivity index (χ0n) is 13.1. The number of hydrogen-bond acceptors (Lipinski definition) is 4. The van der Waals surface area contributed by atoms with E-state index in [0.717, 1.165) is 16.5 Å². The average molecular weight is 351 g/mol. The molecule has 3 rings (SSSR count). The van der Waals surface area contributed by atoms with E-state index in [1.54, 1.807) is 12.1 Å². The maximum absolute atomic E-state index is 12.3. The Balaban J connectivity index is 1.60. The Morgan fingerprint density at radius 2 is 2.13 bits per heavy atom. The van der Waals surface area contributed by atoms with Gasteiger partial charge in [-0.05, 0) is 56.9 Å². The average Bonchev–Trinajstić information content (AvgIpc) is 3.30. The highest BCUT2D eigenvalue weighted by atomic mass is 35.5. The van der Waals surface area contributed by atoms with Crippen molar-refractivity contribution >= 4 is 28.8 Å². The van der Waals surface area contributed by atoms with Crippen LogP contribution in [0.4, 0.5) is 0 Å². The Hall–Kier alpha value is -1.59. The first kappa shape index (κ1) is 16.3. The molecule has 0 bridgehead atoms. The highest BCUT2D eigenvalue weighted by molar-refractivity contribution is 7.13. The summed E-state index contributed by atoms with van der Waals surface area (Å²) in [6.45, 7) is 4.27. The number of benzene rings is 1. The third kappa shape index (κ3) is 4.24. The molecule has 2 aromatic rings. The summed E-state index contributed by atoms with van der Waals surface area (Å²) in [5.41, 5.74) is 0.755.